The van der Waals surface area contributed by atoms with Crippen LogP contribution < -0.4 is 0 Å². The summed E-state index contributed by atoms with van der Waals surface area (Å²) >= 11 is 0. The van der Waals surface area contributed by atoms with Crippen LogP contribution in [0.1, 0.15) is 98.3 Å². The number of aliphatic hydroxyl groups excluding tert-OH is 8. The Morgan fingerprint density at radius 2 is 1.36 bits per heavy atom. The summed E-state index contributed by atoms with van der Waals surface area (Å²) in [7, 11) is 0. The van der Waals surface area contributed by atoms with Gasteiger partial charge < -0.3 is 78.7 Å². The highest BCUT2D eigenvalue weighted by molar-refractivity contribution is 5.15. The number of hydrogen-bond acceptors (Lipinski definition) is 16. The minimum absolute atomic E-state index is 0.136. The first-order chi connectivity index (χ1) is 28.1. The van der Waals surface area contributed by atoms with Gasteiger partial charge in [0, 0.05) is 18.8 Å². The van der Waals surface area contributed by atoms with E-state index in [4.69, 9.17) is 37.9 Å². The third-order valence-corrected chi connectivity index (χ3v) is 17.5. The molecule has 0 amide bonds. The number of hydrogen-bond donors (Lipinski definition) is 8. The van der Waals surface area contributed by atoms with Crippen LogP contribution >= 0.6 is 0 Å². The lowest BCUT2D eigenvalue weighted by Crippen LogP contribution is -2.62. The van der Waals surface area contributed by atoms with Gasteiger partial charge in [0.1, 0.15) is 54.9 Å². The lowest BCUT2D eigenvalue weighted by atomic mass is 9.44. The van der Waals surface area contributed by atoms with Gasteiger partial charge in [0.25, 0.3) is 0 Å². The van der Waals surface area contributed by atoms with Crippen LogP contribution in [0, 0.1) is 52.3 Å². The van der Waals surface area contributed by atoms with Crippen LogP contribution in [0.25, 0.3) is 0 Å². The van der Waals surface area contributed by atoms with E-state index in [-0.39, 0.29) is 36.1 Å². The topological polar surface area (TPSA) is 236 Å². The van der Waals surface area contributed by atoms with Gasteiger partial charge in [-0.25, -0.2) is 0 Å². The van der Waals surface area contributed by atoms with Crippen LogP contribution in [0.15, 0.2) is 0 Å². The van der Waals surface area contributed by atoms with E-state index in [9.17, 15) is 40.9 Å². The van der Waals surface area contributed by atoms with E-state index >= 15 is 0 Å². The Morgan fingerprint density at radius 1 is 0.627 bits per heavy atom. The Labute approximate surface area is 346 Å². The maximum Gasteiger partial charge on any atom is 0.189 e. The molecule has 5 heterocycles. The van der Waals surface area contributed by atoms with Gasteiger partial charge in [0.05, 0.1) is 32.0 Å². The molecule has 16 nitrogen and oxygen atoms in total. The Balaban J connectivity index is 0.775. The van der Waals surface area contributed by atoms with Gasteiger partial charge in [0.15, 0.2) is 30.9 Å². The van der Waals surface area contributed by atoms with Crippen LogP contribution in [-0.2, 0) is 37.9 Å². The summed E-state index contributed by atoms with van der Waals surface area (Å²) in [6, 6.07) is 0. The molecule has 0 radical (unpaired) electrons. The Bertz CT molecular complexity index is 1460. The SMILES string of the molecule is CC1CCC2(OC1)OC1CC3C4CCC5CC(O[C@@H]6OC[C@H](O[C@@H]7O[C@@H](O[C@@H]8O[C@H](CO)[C@@H](O)[C@H](O)[C@H]8O)[C@@H](O)C[C@H]7O)[C@H](O)[C@H]6O)CCC5(C)C4CCC3(C)C1C2C. The van der Waals surface area contributed by atoms with Crippen molar-refractivity contribution in [2.75, 3.05) is 19.8 Å². The van der Waals surface area contributed by atoms with Crippen molar-refractivity contribution in [3.63, 3.8) is 0 Å². The molecule has 9 rings (SSSR count). The highest BCUT2D eigenvalue weighted by Gasteiger charge is 2.69. The van der Waals surface area contributed by atoms with Crippen LogP contribution in [0.4, 0.5) is 0 Å². The molecule has 0 aromatic rings. The first kappa shape index (κ1) is 43.6. The predicted molar refractivity (Wildman–Crippen MR) is 203 cm³/mol. The van der Waals surface area contributed by atoms with Crippen LogP contribution in [0.3, 0.4) is 0 Å². The minimum Gasteiger partial charge on any atom is -0.394 e. The summed E-state index contributed by atoms with van der Waals surface area (Å²) in [5.41, 5.74) is 0.481. The van der Waals surface area contributed by atoms with Crippen LogP contribution in [0.5, 0.6) is 0 Å². The largest absolute Gasteiger partial charge is 0.394 e. The predicted octanol–water partition coefficient (Wildman–Crippen LogP) is 0.892. The van der Waals surface area contributed by atoms with Gasteiger partial charge in [-0.15, -0.1) is 0 Å². The lowest BCUT2D eigenvalue weighted by Gasteiger charge is -2.61. The van der Waals surface area contributed by atoms with Gasteiger partial charge in [-0.3, -0.25) is 0 Å². The molecule has 0 aromatic carbocycles. The molecule has 1 spiro atoms. The molecule has 16 heteroatoms. The van der Waals surface area contributed by atoms with E-state index in [1.54, 1.807) is 0 Å². The zero-order valence-electron chi connectivity index (χ0n) is 34.9. The highest BCUT2D eigenvalue weighted by atomic mass is 16.8. The molecule has 0 aromatic heterocycles. The maximum absolute atomic E-state index is 11.2. The molecule has 59 heavy (non-hydrogen) atoms. The number of aliphatic hydroxyl groups is 8. The molecule has 9 aliphatic rings. The van der Waals surface area contributed by atoms with E-state index in [0.717, 1.165) is 45.1 Å². The Kier molecular flexibility index (Phi) is 12.1. The first-order valence-electron chi connectivity index (χ1n) is 22.6. The summed E-state index contributed by atoms with van der Waals surface area (Å²) in [6.07, 6.45) is -7.99. The van der Waals surface area contributed by atoms with Gasteiger partial charge in [-0.2, -0.15) is 0 Å². The molecule has 5 aliphatic heterocycles. The summed E-state index contributed by atoms with van der Waals surface area (Å²) in [4.78, 5) is 0. The van der Waals surface area contributed by atoms with E-state index in [2.05, 4.69) is 27.7 Å². The van der Waals surface area contributed by atoms with Crippen molar-refractivity contribution < 1.29 is 78.7 Å². The fourth-order valence-corrected chi connectivity index (χ4v) is 14.1. The minimum atomic E-state index is -1.74. The Hall–Kier alpha value is -0.640. The molecule has 9 fully saturated rings. The number of ether oxygens (including phenoxy) is 8. The zero-order valence-corrected chi connectivity index (χ0v) is 34.9. The van der Waals surface area contributed by atoms with E-state index in [1.807, 2.05) is 0 Å². The molecule has 4 aliphatic carbocycles. The van der Waals surface area contributed by atoms with Crippen molar-refractivity contribution in [2.24, 2.45) is 52.3 Å². The summed E-state index contributed by atoms with van der Waals surface area (Å²) in [5, 5.41) is 83.8. The van der Waals surface area contributed by atoms with Crippen molar-refractivity contribution >= 4 is 0 Å². The monoisotopic (exact) mass is 842 g/mol. The van der Waals surface area contributed by atoms with Crippen LogP contribution in [-0.4, -0.2) is 159 Å². The highest BCUT2D eigenvalue weighted by Crippen LogP contribution is 2.71. The summed E-state index contributed by atoms with van der Waals surface area (Å²) in [5.74, 6) is 3.66. The molecule has 25 atom stereocenters. The second-order valence-electron chi connectivity index (χ2n) is 20.6. The molecular weight excluding hydrogens is 772 g/mol. The third kappa shape index (κ3) is 7.38. The smallest absolute Gasteiger partial charge is 0.189 e. The quantitative estimate of drug-likeness (QED) is 0.166. The molecule has 12 unspecified atom stereocenters. The first-order valence-corrected chi connectivity index (χ1v) is 22.6. The van der Waals surface area contributed by atoms with Gasteiger partial charge >= 0.3 is 0 Å². The number of rotatable bonds is 7. The normalized spacial score (nSPS) is 58.8. The number of fused-ring (bicyclic) bond motifs is 7. The van der Waals surface area contributed by atoms with Crippen LogP contribution in [0.2, 0.25) is 0 Å². The van der Waals surface area contributed by atoms with E-state index in [0.29, 0.717) is 41.4 Å². The fourth-order valence-electron chi connectivity index (χ4n) is 14.1. The van der Waals surface area contributed by atoms with Crippen molar-refractivity contribution in [1.82, 2.24) is 0 Å². The van der Waals surface area contributed by atoms with Gasteiger partial charge in [0.2, 0.25) is 0 Å². The zero-order chi connectivity index (χ0) is 41.8. The average molecular weight is 843 g/mol. The van der Waals surface area contributed by atoms with Gasteiger partial charge in [-0.05, 0) is 104 Å². The summed E-state index contributed by atoms with van der Waals surface area (Å²) in [6.45, 7) is 9.73. The molecule has 8 N–H and O–H groups in total. The Morgan fingerprint density at radius 3 is 2.08 bits per heavy atom. The molecule has 0 bridgehead atoms. The third-order valence-electron chi connectivity index (χ3n) is 17.5. The van der Waals surface area contributed by atoms with E-state index < -0.39 is 92.5 Å². The van der Waals surface area contributed by atoms with Crippen molar-refractivity contribution in [3.8, 4) is 0 Å². The lowest BCUT2D eigenvalue weighted by molar-refractivity contribution is -0.397. The van der Waals surface area contributed by atoms with Crippen molar-refractivity contribution in [1.29, 1.82) is 0 Å². The maximum atomic E-state index is 11.2. The van der Waals surface area contributed by atoms with E-state index in [1.165, 1.54) is 25.7 Å². The second-order valence-corrected chi connectivity index (χ2v) is 20.6. The molecule has 338 valence electrons. The van der Waals surface area contributed by atoms with Crippen molar-refractivity contribution in [2.45, 2.75) is 196 Å². The summed E-state index contributed by atoms with van der Waals surface area (Å²) < 4.78 is 48.4. The molecular formula is C43H70O16. The molecule has 4 saturated carbocycles. The fraction of sp³-hybridized carbons (Fsp3) is 1.00. The van der Waals surface area contributed by atoms with Crippen molar-refractivity contribution in [3.05, 3.63) is 0 Å². The average Bonchev–Trinajstić information content (AvgIpc) is 3.66. The second kappa shape index (κ2) is 16.4. The van der Waals surface area contributed by atoms with Gasteiger partial charge in [-0.1, -0.05) is 27.7 Å². The standard InChI is InChI=1S/C43H70O16/c1-19-7-12-43(53-17-19)20(2)31-28(59-43)14-25-23-6-5-21-13-22(8-10-41(21,3)24(23)9-11-42(25,31)4)54-39-35(50)33(48)30(18-52-39)56-37-26(45)15-27(46)38(57-37)58-40-36(51)34(49)32(47)29(16-44)55-40/h19-40,44-51H,5-18H2,1-4H3/t19?,20?,21?,22?,23?,24?,25?,26-,27+,28?,29-,30+,31?,32-,33+,34+,35-,36-,37-,38+,39+,40+,41?,42?,43?/m1/s1. The molecule has 5 saturated heterocycles.